The first-order valence-electron chi connectivity index (χ1n) is 7.81. The van der Waals surface area contributed by atoms with E-state index in [9.17, 15) is 0 Å². The summed E-state index contributed by atoms with van der Waals surface area (Å²) in [5.74, 6) is 11.4. The van der Waals surface area contributed by atoms with Crippen LogP contribution in [0.5, 0.6) is 0 Å². The largest absolute Gasteiger partial charge is 0.400 e. The number of nitrogens with zero attached hydrogens (tertiary/aromatic N) is 3. The van der Waals surface area contributed by atoms with Gasteiger partial charge in [0.15, 0.2) is 0 Å². The molecular weight excluding hydrogens is 292 g/mol. The van der Waals surface area contributed by atoms with E-state index in [0.29, 0.717) is 31.0 Å². The van der Waals surface area contributed by atoms with E-state index in [1.807, 2.05) is 13.1 Å². The zero-order valence-electron chi connectivity index (χ0n) is 14.9. The average molecular weight is 326 g/mol. The predicted molar refractivity (Wildman–Crippen MR) is 96.9 cm³/mol. The topological polar surface area (TPSA) is 126 Å². The van der Waals surface area contributed by atoms with E-state index in [2.05, 4.69) is 24.1 Å². The van der Waals surface area contributed by atoms with Gasteiger partial charge in [-0.1, -0.05) is 0 Å². The van der Waals surface area contributed by atoms with Crippen molar-refractivity contribution in [3.05, 3.63) is 35.6 Å². The lowest BCUT2D eigenvalue weighted by molar-refractivity contribution is 0.334. The summed E-state index contributed by atoms with van der Waals surface area (Å²) in [7, 11) is 1.73. The van der Waals surface area contributed by atoms with Gasteiger partial charge in [-0.25, -0.2) is 11.7 Å². The van der Waals surface area contributed by atoms with Crippen molar-refractivity contribution >= 4 is 0 Å². The summed E-state index contributed by atoms with van der Waals surface area (Å²) in [4.78, 5) is 2.13. The molecule has 0 bridgehead atoms. The predicted octanol–water partition coefficient (Wildman–Crippen LogP) is -0.597. The molecule has 0 saturated heterocycles. The fourth-order valence-corrected chi connectivity index (χ4v) is 2.01. The van der Waals surface area contributed by atoms with Crippen LogP contribution in [0.1, 0.15) is 20.8 Å². The molecule has 0 aromatic heterocycles. The maximum atomic E-state index is 6.07. The Morgan fingerprint density at radius 3 is 2.04 bits per heavy atom. The number of hydrogen-bond acceptors (Lipinski definition) is 8. The fourth-order valence-electron chi connectivity index (χ4n) is 2.01. The minimum atomic E-state index is 0.560. The zero-order chi connectivity index (χ0) is 17.8. The highest BCUT2D eigenvalue weighted by molar-refractivity contribution is 5.07. The maximum absolute atomic E-state index is 6.07. The molecule has 0 radical (unpaired) electrons. The van der Waals surface area contributed by atoms with E-state index >= 15 is 0 Å². The average Bonchev–Trinajstić information content (AvgIpc) is 2.43. The van der Waals surface area contributed by atoms with Crippen LogP contribution in [0.4, 0.5) is 0 Å². The van der Waals surface area contributed by atoms with E-state index in [1.54, 1.807) is 24.5 Å². The molecule has 9 N–H and O–H groups in total. The molecule has 0 aromatic carbocycles. The van der Waals surface area contributed by atoms with Crippen molar-refractivity contribution in [3.63, 3.8) is 0 Å². The normalized spacial score (nSPS) is 13.4. The van der Waals surface area contributed by atoms with Crippen LogP contribution in [0.2, 0.25) is 0 Å². The lowest BCUT2D eigenvalue weighted by atomic mass is 10.2. The molecule has 0 unspecified atom stereocenters. The summed E-state index contributed by atoms with van der Waals surface area (Å²) >= 11 is 0. The van der Waals surface area contributed by atoms with Gasteiger partial charge in [-0.05, 0) is 32.5 Å². The highest BCUT2D eigenvalue weighted by atomic mass is 15.4. The molecule has 0 amide bonds. The Morgan fingerprint density at radius 2 is 1.57 bits per heavy atom. The van der Waals surface area contributed by atoms with Crippen LogP contribution < -0.4 is 28.5 Å². The van der Waals surface area contributed by atoms with Crippen LogP contribution in [-0.4, -0.2) is 54.7 Å². The minimum absolute atomic E-state index is 0.560. The van der Waals surface area contributed by atoms with Gasteiger partial charge in [0, 0.05) is 63.6 Å². The molecule has 0 fully saturated rings. The Labute approximate surface area is 140 Å². The maximum Gasteiger partial charge on any atom is 0.0402 e. The number of nitrogens with two attached hydrogens (primary N) is 4. The van der Waals surface area contributed by atoms with Crippen LogP contribution >= 0.6 is 0 Å². The standard InChI is InChI=1S/C15H34N8/c1-5-20-7-13(3)8-22(10-14(16)9-21(4)18)11-15(17)12-23(19)6-2/h7,9,12,20H,5-6,8,10-11,16-19H2,1-4H3/b13-7+,14-9-,15-12-. The number of rotatable bonds is 11. The van der Waals surface area contributed by atoms with Crippen molar-refractivity contribution in [2.75, 3.05) is 39.8 Å². The fraction of sp³-hybridized carbons (Fsp3) is 0.600. The Morgan fingerprint density at radius 1 is 1.00 bits per heavy atom. The molecule has 0 spiro atoms. The molecule has 8 nitrogen and oxygen atoms in total. The molecule has 0 aliphatic heterocycles. The Kier molecular flexibility index (Phi) is 10.7. The second kappa shape index (κ2) is 11.6. The van der Waals surface area contributed by atoms with Crippen LogP contribution in [0.15, 0.2) is 35.6 Å². The SMILES string of the molecule is CCN/C=C(\C)CN(C/C(N)=C/N(C)N)C/C(N)=C/N(N)CC. The van der Waals surface area contributed by atoms with Crippen molar-refractivity contribution in [3.8, 4) is 0 Å². The minimum Gasteiger partial charge on any atom is -0.400 e. The van der Waals surface area contributed by atoms with Crippen molar-refractivity contribution in [1.29, 1.82) is 0 Å². The third-order valence-electron chi connectivity index (χ3n) is 2.90. The lowest BCUT2D eigenvalue weighted by Gasteiger charge is -2.24. The molecule has 0 heterocycles. The van der Waals surface area contributed by atoms with Crippen molar-refractivity contribution in [1.82, 2.24) is 20.2 Å². The van der Waals surface area contributed by atoms with Gasteiger partial charge in [-0.15, -0.1) is 0 Å². The number of nitrogens with one attached hydrogen (secondary N) is 1. The molecule has 0 atom stereocenters. The van der Waals surface area contributed by atoms with Crippen LogP contribution in [0.25, 0.3) is 0 Å². The molecule has 0 aliphatic carbocycles. The molecule has 0 aromatic rings. The van der Waals surface area contributed by atoms with Crippen molar-refractivity contribution in [2.45, 2.75) is 20.8 Å². The van der Waals surface area contributed by atoms with E-state index in [0.717, 1.165) is 13.1 Å². The first-order chi connectivity index (χ1) is 10.8. The van der Waals surface area contributed by atoms with Gasteiger partial charge in [0.2, 0.25) is 0 Å². The summed E-state index contributed by atoms with van der Waals surface area (Å²) in [5.41, 5.74) is 14.6. The van der Waals surface area contributed by atoms with Gasteiger partial charge in [-0.3, -0.25) is 4.90 Å². The van der Waals surface area contributed by atoms with Crippen molar-refractivity contribution < 1.29 is 0 Å². The summed E-state index contributed by atoms with van der Waals surface area (Å²) in [6, 6.07) is 0. The monoisotopic (exact) mass is 326 g/mol. The Balaban J connectivity index is 4.95. The first kappa shape index (κ1) is 21.1. The van der Waals surface area contributed by atoms with Gasteiger partial charge in [0.05, 0.1) is 0 Å². The Hall–Kier alpha value is -1.90. The molecule has 8 heteroatoms. The van der Waals surface area contributed by atoms with E-state index in [1.165, 1.54) is 10.6 Å². The molecular formula is C15H34N8. The van der Waals surface area contributed by atoms with Gasteiger partial charge < -0.3 is 26.8 Å². The van der Waals surface area contributed by atoms with Gasteiger partial charge in [0.1, 0.15) is 0 Å². The number of hydrogen-bond donors (Lipinski definition) is 5. The van der Waals surface area contributed by atoms with Gasteiger partial charge in [0.25, 0.3) is 0 Å². The van der Waals surface area contributed by atoms with Crippen LogP contribution in [0.3, 0.4) is 0 Å². The lowest BCUT2D eigenvalue weighted by Crippen LogP contribution is -2.36. The zero-order valence-corrected chi connectivity index (χ0v) is 14.9. The van der Waals surface area contributed by atoms with E-state index in [-0.39, 0.29) is 0 Å². The van der Waals surface area contributed by atoms with E-state index < -0.39 is 0 Å². The molecule has 0 rings (SSSR count). The second-order valence-electron chi connectivity index (χ2n) is 5.60. The summed E-state index contributed by atoms with van der Waals surface area (Å²) < 4.78 is 0. The molecule has 0 aliphatic rings. The van der Waals surface area contributed by atoms with Crippen molar-refractivity contribution in [2.24, 2.45) is 23.2 Å². The first-order valence-corrected chi connectivity index (χ1v) is 7.81. The third kappa shape index (κ3) is 11.3. The molecule has 0 saturated carbocycles. The highest BCUT2D eigenvalue weighted by Crippen LogP contribution is 2.03. The van der Waals surface area contributed by atoms with Gasteiger partial charge >= 0.3 is 0 Å². The van der Waals surface area contributed by atoms with E-state index in [4.69, 9.17) is 23.2 Å². The summed E-state index contributed by atoms with van der Waals surface area (Å²) in [5, 5.41) is 6.19. The quantitative estimate of drug-likeness (QED) is 0.252. The summed E-state index contributed by atoms with van der Waals surface area (Å²) in [6.07, 6.45) is 5.44. The third-order valence-corrected chi connectivity index (χ3v) is 2.90. The molecule has 134 valence electrons. The number of hydrazine groups is 2. The summed E-state index contributed by atoms with van der Waals surface area (Å²) in [6.45, 7) is 9.52. The van der Waals surface area contributed by atoms with Crippen LogP contribution in [-0.2, 0) is 0 Å². The smallest absolute Gasteiger partial charge is 0.0402 e. The highest BCUT2D eigenvalue weighted by Gasteiger charge is 2.09. The Bertz CT molecular complexity index is 414. The second-order valence-corrected chi connectivity index (χ2v) is 5.60. The van der Waals surface area contributed by atoms with Crippen LogP contribution in [0, 0.1) is 0 Å². The van der Waals surface area contributed by atoms with Gasteiger partial charge in [-0.2, -0.15) is 0 Å². The molecule has 23 heavy (non-hydrogen) atoms.